The zero-order valence-corrected chi connectivity index (χ0v) is 10.7. The Morgan fingerprint density at radius 3 is 2.62 bits per heavy atom. The fourth-order valence-electron chi connectivity index (χ4n) is 3.77. The molecule has 0 heteroatoms. The summed E-state index contributed by atoms with van der Waals surface area (Å²) in [6.45, 7) is 9.33. The lowest BCUT2D eigenvalue weighted by Gasteiger charge is -2.42. The molecule has 1 fully saturated rings. The van der Waals surface area contributed by atoms with Crippen molar-refractivity contribution in [3.05, 3.63) is 46.6 Å². The lowest BCUT2D eigenvalue weighted by atomic mass is 9.61. The summed E-state index contributed by atoms with van der Waals surface area (Å²) >= 11 is 0. The Morgan fingerprint density at radius 1 is 1.19 bits per heavy atom. The Labute approximate surface area is 98.4 Å². The highest BCUT2D eigenvalue weighted by atomic mass is 14.5. The Morgan fingerprint density at radius 2 is 1.94 bits per heavy atom. The topological polar surface area (TPSA) is 0 Å². The van der Waals surface area contributed by atoms with Crippen molar-refractivity contribution >= 4 is 0 Å². The molecule has 0 aromatic rings. The van der Waals surface area contributed by atoms with Crippen LogP contribution in [0.4, 0.5) is 0 Å². The molecule has 0 saturated heterocycles. The first-order valence-corrected chi connectivity index (χ1v) is 6.30. The standard InChI is InChI=1S/C16H20/c1-10(2)15-12-8-9-14(15)16(3,4)13-7-5-6-11(12)13/h6-9,12,14H,5H2,1-4H3/t12-,14-/m0/s1. The largest absolute Gasteiger partial charge is 0.0795 e. The molecule has 0 spiro atoms. The SMILES string of the molecule is CC(C)=C1[C@H]2C=C[C@@H]1C(C)(C)C1=CCC=C12. The Bertz CT molecular complexity index is 462. The third kappa shape index (κ3) is 1.05. The van der Waals surface area contributed by atoms with E-state index in [9.17, 15) is 0 Å². The van der Waals surface area contributed by atoms with E-state index in [2.05, 4.69) is 52.0 Å². The van der Waals surface area contributed by atoms with Gasteiger partial charge in [0.15, 0.2) is 0 Å². The van der Waals surface area contributed by atoms with Gasteiger partial charge in [-0.1, -0.05) is 49.3 Å². The normalized spacial score (nSPS) is 33.6. The highest BCUT2D eigenvalue weighted by Crippen LogP contribution is 2.58. The molecular formula is C16H20. The summed E-state index contributed by atoms with van der Waals surface area (Å²) in [5.41, 5.74) is 6.66. The summed E-state index contributed by atoms with van der Waals surface area (Å²) in [6.07, 6.45) is 10.9. The summed E-state index contributed by atoms with van der Waals surface area (Å²) < 4.78 is 0. The van der Waals surface area contributed by atoms with Gasteiger partial charge in [-0.3, -0.25) is 0 Å². The van der Waals surface area contributed by atoms with Gasteiger partial charge in [0.1, 0.15) is 0 Å². The van der Waals surface area contributed by atoms with Gasteiger partial charge in [-0.25, -0.2) is 0 Å². The van der Waals surface area contributed by atoms with Gasteiger partial charge in [0.2, 0.25) is 0 Å². The summed E-state index contributed by atoms with van der Waals surface area (Å²) in [6, 6.07) is 0. The average Bonchev–Trinajstić information content (AvgIpc) is 2.81. The van der Waals surface area contributed by atoms with Gasteiger partial charge in [-0.2, -0.15) is 0 Å². The van der Waals surface area contributed by atoms with Crippen molar-refractivity contribution in [3.8, 4) is 0 Å². The molecule has 0 heterocycles. The van der Waals surface area contributed by atoms with E-state index in [1.165, 1.54) is 5.57 Å². The minimum absolute atomic E-state index is 0.290. The number of allylic oxidation sites excluding steroid dienone is 8. The van der Waals surface area contributed by atoms with Gasteiger partial charge >= 0.3 is 0 Å². The molecule has 3 aliphatic rings. The molecule has 3 aliphatic carbocycles. The second kappa shape index (κ2) is 3.00. The molecule has 2 bridgehead atoms. The van der Waals surface area contributed by atoms with E-state index in [1.807, 2.05) is 0 Å². The van der Waals surface area contributed by atoms with Crippen LogP contribution < -0.4 is 0 Å². The van der Waals surface area contributed by atoms with Gasteiger partial charge in [0.25, 0.3) is 0 Å². The molecule has 0 N–H and O–H groups in total. The first-order valence-electron chi connectivity index (χ1n) is 6.30. The van der Waals surface area contributed by atoms with Crippen molar-refractivity contribution in [2.45, 2.75) is 34.1 Å². The van der Waals surface area contributed by atoms with E-state index in [0.717, 1.165) is 6.42 Å². The van der Waals surface area contributed by atoms with Crippen LogP contribution in [0, 0.1) is 17.3 Å². The van der Waals surface area contributed by atoms with Crippen LogP contribution in [0.5, 0.6) is 0 Å². The molecule has 0 amide bonds. The van der Waals surface area contributed by atoms with Crippen molar-refractivity contribution < 1.29 is 0 Å². The van der Waals surface area contributed by atoms with Crippen LogP contribution in [-0.4, -0.2) is 0 Å². The third-order valence-corrected chi connectivity index (χ3v) is 4.52. The van der Waals surface area contributed by atoms with Crippen molar-refractivity contribution in [2.24, 2.45) is 17.3 Å². The average molecular weight is 212 g/mol. The fraction of sp³-hybridized carbons (Fsp3) is 0.500. The lowest BCUT2D eigenvalue weighted by molar-refractivity contribution is 0.340. The molecule has 3 rings (SSSR count). The van der Waals surface area contributed by atoms with Crippen LogP contribution in [0.15, 0.2) is 46.6 Å². The van der Waals surface area contributed by atoms with Crippen molar-refractivity contribution in [2.75, 3.05) is 0 Å². The van der Waals surface area contributed by atoms with Gasteiger partial charge in [0, 0.05) is 11.8 Å². The molecule has 0 nitrogen and oxygen atoms in total. The zero-order valence-electron chi connectivity index (χ0n) is 10.7. The fourth-order valence-corrected chi connectivity index (χ4v) is 3.77. The molecule has 0 unspecified atom stereocenters. The van der Waals surface area contributed by atoms with Crippen LogP contribution in [0.1, 0.15) is 34.1 Å². The summed E-state index contributed by atoms with van der Waals surface area (Å²) in [5.74, 6) is 1.22. The monoisotopic (exact) mass is 212 g/mol. The molecule has 2 atom stereocenters. The van der Waals surface area contributed by atoms with Gasteiger partial charge in [-0.05, 0) is 36.8 Å². The summed E-state index contributed by atoms with van der Waals surface area (Å²) in [4.78, 5) is 0. The molecule has 0 radical (unpaired) electrons. The van der Waals surface area contributed by atoms with Crippen LogP contribution in [-0.2, 0) is 0 Å². The minimum Gasteiger partial charge on any atom is -0.0795 e. The molecule has 84 valence electrons. The van der Waals surface area contributed by atoms with Crippen molar-refractivity contribution in [1.82, 2.24) is 0 Å². The van der Waals surface area contributed by atoms with E-state index in [4.69, 9.17) is 0 Å². The van der Waals surface area contributed by atoms with Crippen LogP contribution in [0.2, 0.25) is 0 Å². The molecule has 0 aromatic carbocycles. The number of hydrogen-bond donors (Lipinski definition) is 0. The first kappa shape index (κ1) is 10.1. The zero-order chi connectivity index (χ0) is 11.5. The number of fused-ring (bicyclic) bond motifs is 4. The Balaban J connectivity index is 2.24. The van der Waals surface area contributed by atoms with Gasteiger partial charge < -0.3 is 0 Å². The Hall–Kier alpha value is -1.04. The van der Waals surface area contributed by atoms with Crippen LogP contribution in [0.25, 0.3) is 0 Å². The Kier molecular flexibility index (Phi) is 1.90. The lowest BCUT2D eigenvalue weighted by Crippen LogP contribution is -2.33. The second-order valence-corrected chi connectivity index (χ2v) is 6.03. The summed E-state index contributed by atoms with van der Waals surface area (Å²) in [5, 5.41) is 0. The van der Waals surface area contributed by atoms with E-state index < -0.39 is 0 Å². The smallest absolute Gasteiger partial charge is 0.0237 e. The summed E-state index contributed by atoms with van der Waals surface area (Å²) in [7, 11) is 0. The first-order chi connectivity index (χ1) is 7.53. The molecular weight excluding hydrogens is 192 g/mol. The van der Waals surface area contributed by atoms with E-state index >= 15 is 0 Å². The predicted molar refractivity (Wildman–Crippen MR) is 69.1 cm³/mol. The van der Waals surface area contributed by atoms with Crippen molar-refractivity contribution in [3.63, 3.8) is 0 Å². The predicted octanol–water partition coefficient (Wildman–Crippen LogP) is 4.42. The minimum atomic E-state index is 0.290. The maximum absolute atomic E-state index is 2.44. The van der Waals surface area contributed by atoms with E-state index in [1.54, 1.807) is 16.7 Å². The molecule has 0 aliphatic heterocycles. The molecule has 0 aromatic heterocycles. The molecule has 1 saturated carbocycles. The second-order valence-electron chi connectivity index (χ2n) is 6.03. The van der Waals surface area contributed by atoms with E-state index in [-0.39, 0.29) is 0 Å². The van der Waals surface area contributed by atoms with E-state index in [0.29, 0.717) is 17.3 Å². The number of hydrogen-bond acceptors (Lipinski definition) is 0. The quantitative estimate of drug-likeness (QED) is 0.521. The van der Waals surface area contributed by atoms with Crippen molar-refractivity contribution in [1.29, 1.82) is 0 Å². The third-order valence-electron chi connectivity index (χ3n) is 4.52. The van der Waals surface area contributed by atoms with Gasteiger partial charge in [0.05, 0.1) is 0 Å². The van der Waals surface area contributed by atoms with Gasteiger partial charge in [-0.15, -0.1) is 0 Å². The maximum atomic E-state index is 2.44. The molecule has 16 heavy (non-hydrogen) atoms. The highest BCUT2D eigenvalue weighted by Gasteiger charge is 2.47. The van der Waals surface area contributed by atoms with Crippen LogP contribution >= 0.6 is 0 Å². The highest BCUT2D eigenvalue weighted by molar-refractivity contribution is 5.58. The number of rotatable bonds is 0. The maximum Gasteiger partial charge on any atom is 0.0237 e. The van der Waals surface area contributed by atoms with Crippen LogP contribution in [0.3, 0.4) is 0 Å².